The summed E-state index contributed by atoms with van der Waals surface area (Å²) in [6.07, 6.45) is 2.80. The van der Waals surface area contributed by atoms with E-state index in [1.807, 2.05) is 35.2 Å². The Labute approximate surface area is 151 Å². The smallest absolute Gasteiger partial charge is 0.318 e. The maximum Gasteiger partial charge on any atom is 0.318 e. The molecule has 0 radical (unpaired) electrons. The molecule has 1 heterocycles. The van der Waals surface area contributed by atoms with E-state index in [9.17, 15) is 4.79 Å². The molecule has 0 aromatic heterocycles. The highest BCUT2D eigenvalue weighted by molar-refractivity contribution is 6.33. The molecule has 1 unspecified atom stereocenters. The molecule has 1 aliphatic carbocycles. The van der Waals surface area contributed by atoms with Crippen LogP contribution in [0.15, 0.2) is 48.5 Å². The van der Waals surface area contributed by atoms with Crippen LogP contribution in [0.1, 0.15) is 24.0 Å². The quantitative estimate of drug-likeness (QED) is 0.847. The minimum atomic E-state index is -0.498. The average Bonchev–Trinajstić information content (AvgIpc) is 3.35. The van der Waals surface area contributed by atoms with Gasteiger partial charge in [0, 0.05) is 29.1 Å². The van der Waals surface area contributed by atoms with E-state index in [-0.39, 0.29) is 12.1 Å². The van der Waals surface area contributed by atoms with Crippen LogP contribution in [0.5, 0.6) is 0 Å². The van der Waals surface area contributed by atoms with Crippen molar-refractivity contribution in [3.8, 4) is 0 Å². The van der Waals surface area contributed by atoms with E-state index in [0.717, 1.165) is 18.4 Å². The van der Waals surface area contributed by atoms with Gasteiger partial charge in [-0.25, -0.2) is 4.79 Å². The van der Waals surface area contributed by atoms with Crippen molar-refractivity contribution in [2.24, 2.45) is 0 Å². The maximum absolute atomic E-state index is 12.6. The number of nitrogens with zero attached hydrogens (tertiary/aromatic N) is 1. The molecule has 2 aliphatic rings. The number of benzene rings is 2. The van der Waals surface area contributed by atoms with Crippen molar-refractivity contribution in [3.63, 3.8) is 0 Å². The fourth-order valence-corrected chi connectivity index (χ4v) is 4.16. The number of amides is 2. The van der Waals surface area contributed by atoms with Gasteiger partial charge in [0.25, 0.3) is 0 Å². The van der Waals surface area contributed by atoms with E-state index in [4.69, 9.17) is 23.2 Å². The third-order valence-electron chi connectivity index (χ3n) is 4.89. The Hall–Kier alpha value is -1.71. The van der Waals surface area contributed by atoms with Crippen molar-refractivity contribution < 1.29 is 4.79 Å². The molecular formula is C19H18Cl2N2O. The van der Waals surface area contributed by atoms with E-state index in [1.54, 1.807) is 6.07 Å². The van der Waals surface area contributed by atoms with Crippen molar-refractivity contribution in [1.82, 2.24) is 10.2 Å². The van der Waals surface area contributed by atoms with Gasteiger partial charge >= 0.3 is 6.03 Å². The van der Waals surface area contributed by atoms with Crippen LogP contribution in [0.4, 0.5) is 4.79 Å². The number of carbonyl (C=O) groups excluding carboxylic acids is 1. The Morgan fingerprint density at radius 1 is 1.12 bits per heavy atom. The van der Waals surface area contributed by atoms with Crippen molar-refractivity contribution >= 4 is 29.2 Å². The normalized spacial score (nSPS) is 23.4. The Kier molecular flexibility index (Phi) is 3.93. The largest absolute Gasteiger partial charge is 0.335 e. The summed E-state index contributed by atoms with van der Waals surface area (Å²) in [5.74, 6) is 0. The Bertz CT molecular complexity index is 776. The molecule has 2 aromatic rings. The van der Waals surface area contributed by atoms with Crippen LogP contribution in [0.2, 0.25) is 10.0 Å². The average molecular weight is 361 g/mol. The molecule has 2 fully saturated rings. The highest BCUT2D eigenvalue weighted by Crippen LogP contribution is 2.45. The second-order valence-corrected chi connectivity index (χ2v) is 7.42. The van der Waals surface area contributed by atoms with Gasteiger partial charge in [0.2, 0.25) is 0 Å². The van der Waals surface area contributed by atoms with E-state index >= 15 is 0 Å². The van der Waals surface area contributed by atoms with E-state index in [2.05, 4.69) is 17.4 Å². The summed E-state index contributed by atoms with van der Waals surface area (Å²) < 4.78 is 0. The number of hydrogen-bond donors (Lipinski definition) is 1. The number of hydrogen-bond acceptors (Lipinski definition) is 1. The lowest BCUT2D eigenvalue weighted by atomic mass is 9.83. The van der Waals surface area contributed by atoms with Crippen molar-refractivity contribution in [3.05, 3.63) is 69.7 Å². The molecule has 0 spiro atoms. The lowest BCUT2D eigenvalue weighted by Gasteiger charge is -2.39. The van der Waals surface area contributed by atoms with E-state index < -0.39 is 5.54 Å². The standard InChI is InChI=1S/C19H18Cl2N2O/c20-14-6-9-17(21)16(10-14)19(11-13-4-2-1-3-5-13)12-22-18(24)23(19)15-7-8-15/h1-6,9-10,15H,7-8,11-12H2,(H,22,24). The third kappa shape index (κ3) is 2.66. The van der Waals surface area contributed by atoms with Gasteiger partial charge in [-0.3, -0.25) is 0 Å². The summed E-state index contributed by atoms with van der Waals surface area (Å²) in [6.45, 7) is 0.539. The summed E-state index contributed by atoms with van der Waals surface area (Å²) in [5, 5.41) is 4.32. The summed E-state index contributed by atoms with van der Waals surface area (Å²) in [5.41, 5.74) is 1.60. The summed E-state index contributed by atoms with van der Waals surface area (Å²) in [7, 11) is 0. The molecule has 5 heteroatoms. The first-order valence-electron chi connectivity index (χ1n) is 8.17. The number of carbonyl (C=O) groups is 1. The second-order valence-electron chi connectivity index (χ2n) is 6.58. The Balaban J connectivity index is 1.86. The minimum Gasteiger partial charge on any atom is -0.335 e. The van der Waals surface area contributed by atoms with E-state index in [1.165, 1.54) is 5.56 Å². The number of nitrogens with one attached hydrogen (secondary N) is 1. The van der Waals surface area contributed by atoms with Gasteiger partial charge in [-0.05, 0) is 42.2 Å². The number of halogens is 2. The monoisotopic (exact) mass is 360 g/mol. The van der Waals surface area contributed by atoms with Crippen molar-refractivity contribution in [1.29, 1.82) is 0 Å². The molecular weight excluding hydrogens is 343 g/mol. The molecule has 1 saturated heterocycles. The lowest BCUT2D eigenvalue weighted by Crippen LogP contribution is -2.48. The fourth-order valence-electron chi connectivity index (χ4n) is 3.69. The van der Waals surface area contributed by atoms with Gasteiger partial charge < -0.3 is 10.2 Å². The van der Waals surface area contributed by atoms with Crippen LogP contribution < -0.4 is 5.32 Å². The molecule has 4 rings (SSSR count). The Morgan fingerprint density at radius 3 is 2.58 bits per heavy atom. The lowest BCUT2D eigenvalue weighted by molar-refractivity contribution is 0.148. The SMILES string of the molecule is O=C1NCC(Cc2ccccc2)(c2cc(Cl)ccc2Cl)N1C1CC1. The van der Waals surface area contributed by atoms with Gasteiger partial charge in [-0.15, -0.1) is 0 Å². The highest BCUT2D eigenvalue weighted by Gasteiger charge is 2.53. The molecule has 0 bridgehead atoms. The molecule has 2 amide bonds. The van der Waals surface area contributed by atoms with Crippen LogP contribution in [-0.2, 0) is 12.0 Å². The molecule has 24 heavy (non-hydrogen) atoms. The van der Waals surface area contributed by atoms with Crippen LogP contribution >= 0.6 is 23.2 Å². The fraction of sp³-hybridized carbons (Fsp3) is 0.316. The zero-order valence-corrected chi connectivity index (χ0v) is 14.6. The van der Waals surface area contributed by atoms with E-state index in [0.29, 0.717) is 23.0 Å². The third-order valence-corrected chi connectivity index (χ3v) is 5.46. The van der Waals surface area contributed by atoms with Crippen LogP contribution in [-0.4, -0.2) is 23.5 Å². The molecule has 1 saturated carbocycles. The van der Waals surface area contributed by atoms with Gasteiger partial charge in [0.15, 0.2) is 0 Å². The summed E-state index contributed by atoms with van der Waals surface area (Å²) >= 11 is 12.8. The molecule has 124 valence electrons. The van der Waals surface area contributed by atoms with Crippen molar-refractivity contribution in [2.45, 2.75) is 30.8 Å². The number of rotatable bonds is 4. The predicted octanol–water partition coefficient (Wildman–Crippen LogP) is 4.62. The first-order chi connectivity index (χ1) is 11.6. The molecule has 1 N–H and O–H groups in total. The summed E-state index contributed by atoms with van der Waals surface area (Å²) in [4.78, 5) is 14.6. The topological polar surface area (TPSA) is 32.3 Å². The predicted molar refractivity (Wildman–Crippen MR) is 96.5 cm³/mol. The second kappa shape index (κ2) is 5.98. The molecule has 3 nitrogen and oxygen atoms in total. The molecule has 1 aliphatic heterocycles. The van der Waals surface area contributed by atoms with Gasteiger partial charge in [0.1, 0.15) is 0 Å². The molecule has 2 aromatic carbocycles. The van der Waals surface area contributed by atoms with Crippen LogP contribution in [0, 0.1) is 0 Å². The molecule has 1 atom stereocenters. The minimum absolute atomic E-state index is 0.00975. The number of urea groups is 1. The van der Waals surface area contributed by atoms with Crippen LogP contribution in [0.3, 0.4) is 0 Å². The first-order valence-corrected chi connectivity index (χ1v) is 8.92. The van der Waals surface area contributed by atoms with Crippen LogP contribution in [0.25, 0.3) is 0 Å². The zero-order chi connectivity index (χ0) is 16.7. The highest BCUT2D eigenvalue weighted by atomic mass is 35.5. The van der Waals surface area contributed by atoms with Gasteiger partial charge in [-0.2, -0.15) is 0 Å². The first kappa shape index (κ1) is 15.8. The summed E-state index contributed by atoms with van der Waals surface area (Å²) in [6, 6.07) is 16.0. The zero-order valence-electron chi connectivity index (χ0n) is 13.1. The van der Waals surface area contributed by atoms with Gasteiger partial charge in [-0.1, -0.05) is 53.5 Å². The van der Waals surface area contributed by atoms with Crippen molar-refractivity contribution in [2.75, 3.05) is 6.54 Å². The Morgan fingerprint density at radius 2 is 1.88 bits per heavy atom. The van der Waals surface area contributed by atoms with Gasteiger partial charge in [0.05, 0.1) is 5.54 Å². The maximum atomic E-state index is 12.6.